The van der Waals surface area contributed by atoms with E-state index in [1.54, 1.807) is 6.26 Å². The monoisotopic (exact) mass is 301 g/mol. The second kappa shape index (κ2) is 5.00. The van der Waals surface area contributed by atoms with Crippen LogP contribution < -0.4 is 5.73 Å². The Balaban J connectivity index is 1.93. The highest BCUT2D eigenvalue weighted by atomic mass is 32.1. The van der Waals surface area contributed by atoms with Crippen molar-refractivity contribution in [2.45, 2.75) is 32.6 Å². The van der Waals surface area contributed by atoms with E-state index in [-0.39, 0.29) is 0 Å². The quantitative estimate of drug-likeness (QED) is 0.807. The highest BCUT2D eigenvalue weighted by Crippen LogP contribution is 2.36. The number of nitrogens with zero attached hydrogens (tertiary/aromatic N) is 2. The fourth-order valence-electron chi connectivity index (χ4n) is 3.26. The summed E-state index contributed by atoms with van der Waals surface area (Å²) in [6.45, 7) is 2.96. The molecule has 0 aliphatic heterocycles. The van der Waals surface area contributed by atoms with Gasteiger partial charge in [0.15, 0.2) is 10.7 Å². The first kappa shape index (κ1) is 13.1. The minimum absolute atomic E-state index is 0.628. The summed E-state index contributed by atoms with van der Waals surface area (Å²) in [5.41, 5.74) is 9.44. The lowest BCUT2D eigenvalue weighted by atomic mass is 9.93. The van der Waals surface area contributed by atoms with Gasteiger partial charge < -0.3 is 10.2 Å². The molecule has 1 aliphatic carbocycles. The molecular formula is C16H19N3OS. The van der Waals surface area contributed by atoms with E-state index >= 15 is 0 Å². The molecule has 3 heterocycles. The van der Waals surface area contributed by atoms with E-state index < -0.39 is 0 Å². The number of fused-ring (bicyclic) bond motifs is 3. The van der Waals surface area contributed by atoms with E-state index in [0.29, 0.717) is 6.54 Å². The summed E-state index contributed by atoms with van der Waals surface area (Å²) < 4.78 is 7.90. The lowest BCUT2D eigenvalue weighted by Gasteiger charge is -2.18. The van der Waals surface area contributed by atoms with Crippen LogP contribution in [0.5, 0.6) is 0 Å². The average molecular weight is 301 g/mol. The van der Waals surface area contributed by atoms with Crippen molar-refractivity contribution in [1.29, 1.82) is 0 Å². The molecule has 0 radical (unpaired) electrons. The molecule has 1 unspecified atom stereocenters. The van der Waals surface area contributed by atoms with Crippen molar-refractivity contribution in [1.82, 2.24) is 9.38 Å². The third-order valence-electron chi connectivity index (χ3n) is 4.29. The number of thiazole rings is 1. The Kier molecular flexibility index (Phi) is 3.12. The molecule has 1 atom stereocenters. The minimum Gasteiger partial charge on any atom is -0.463 e. The molecule has 0 saturated heterocycles. The van der Waals surface area contributed by atoms with Gasteiger partial charge in [-0.05, 0) is 43.9 Å². The van der Waals surface area contributed by atoms with Gasteiger partial charge in [-0.2, -0.15) is 0 Å². The summed E-state index contributed by atoms with van der Waals surface area (Å²) in [5, 5.41) is 0. The zero-order valence-electron chi connectivity index (χ0n) is 12.1. The summed E-state index contributed by atoms with van der Waals surface area (Å²) in [5.74, 6) is 1.62. The molecule has 3 aromatic rings. The maximum Gasteiger partial charge on any atom is 0.195 e. The molecule has 0 saturated carbocycles. The lowest BCUT2D eigenvalue weighted by molar-refractivity contribution is 0.498. The summed E-state index contributed by atoms with van der Waals surface area (Å²) in [4.78, 5) is 7.42. The summed E-state index contributed by atoms with van der Waals surface area (Å²) in [7, 11) is 0. The third-order valence-corrected chi connectivity index (χ3v) is 5.40. The molecule has 0 aromatic carbocycles. The van der Waals surface area contributed by atoms with E-state index in [9.17, 15) is 0 Å². The number of aryl methyl sites for hydroxylation is 1. The molecule has 4 nitrogen and oxygen atoms in total. The topological polar surface area (TPSA) is 56.5 Å². The molecule has 3 aromatic heterocycles. The van der Waals surface area contributed by atoms with Crippen molar-refractivity contribution in [2.75, 3.05) is 6.54 Å². The number of furan rings is 1. The van der Waals surface area contributed by atoms with Crippen LogP contribution in [0.2, 0.25) is 0 Å². The van der Waals surface area contributed by atoms with Crippen molar-refractivity contribution in [3.8, 4) is 11.5 Å². The molecule has 0 bridgehead atoms. The van der Waals surface area contributed by atoms with Gasteiger partial charge in [-0.3, -0.25) is 4.40 Å². The van der Waals surface area contributed by atoms with Crippen molar-refractivity contribution >= 4 is 16.3 Å². The first-order valence-electron chi connectivity index (χ1n) is 7.53. The first-order valence-corrected chi connectivity index (χ1v) is 8.35. The standard InChI is InChI=1S/C16H19N3OS/c1-10-4-5-11-14(9-10)21-16-18-15(13-3-2-8-20-13)12(6-7-17)19(11)16/h2-3,8,10H,4-7,9,17H2,1H3. The Morgan fingerprint density at radius 3 is 3.19 bits per heavy atom. The van der Waals surface area contributed by atoms with E-state index in [4.69, 9.17) is 15.1 Å². The van der Waals surface area contributed by atoms with Crippen LogP contribution in [0.4, 0.5) is 0 Å². The van der Waals surface area contributed by atoms with Crippen LogP contribution in [-0.4, -0.2) is 15.9 Å². The van der Waals surface area contributed by atoms with Crippen molar-refractivity contribution in [3.05, 3.63) is 34.7 Å². The summed E-state index contributed by atoms with van der Waals surface area (Å²) >= 11 is 1.83. The van der Waals surface area contributed by atoms with Crippen molar-refractivity contribution in [2.24, 2.45) is 11.7 Å². The van der Waals surface area contributed by atoms with E-state index in [1.165, 1.54) is 29.1 Å². The van der Waals surface area contributed by atoms with Gasteiger partial charge in [0.05, 0.1) is 12.0 Å². The van der Waals surface area contributed by atoms with E-state index in [2.05, 4.69) is 11.3 Å². The van der Waals surface area contributed by atoms with Gasteiger partial charge in [0, 0.05) is 17.0 Å². The predicted molar refractivity (Wildman–Crippen MR) is 84.7 cm³/mol. The number of nitrogens with two attached hydrogens (primary N) is 1. The predicted octanol–water partition coefficient (Wildman–Crippen LogP) is 3.28. The zero-order chi connectivity index (χ0) is 14.4. The second-order valence-corrected chi connectivity index (χ2v) is 6.92. The molecule has 21 heavy (non-hydrogen) atoms. The molecule has 5 heteroatoms. The van der Waals surface area contributed by atoms with Crippen LogP contribution in [-0.2, 0) is 19.3 Å². The van der Waals surface area contributed by atoms with E-state index in [0.717, 1.165) is 35.2 Å². The maximum absolute atomic E-state index is 5.83. The molecule has 4 rings (SSSR count). The molecule has 0 amide bonds. The Hall–Kier alpha value is -1.59. The largest absolute Gasteiger partial charge is 0.463 e. The van der Waals surface area contributed by atoms with Gasteiger partial charge in [-0.25, -0.2) is 4.98 Å². The van der Waals surface area contributed by atoms with Crippen LogP contribution >= 0.6 is 11.3 Å². The van der Waals surface area contributed by atoms with Crippen LogP contribution in [0.15, 0.2) is 22.8 Å². The number of aromatic nitrogens is 2. The Labute approximate surface area is 127 Å². The number of hydrogen-bond donors (Lipinski definition) is 1. The fraction of sp³-hybridized carbons (Fsp3) is 0.438. The molecule has 110 valence electrons. The lowest BCUT2D eigenvalue weighted by Crippen LogP contribution is -2.13. The summed E-state index contributed by atoms with van der Waals surface area (Å²) in [6, 6.07) is 3.88. The van der Waals surface area contributed by atoms with Gasteiger partial charge in [0.1, 0.15) is 5.69 Å². The fourth-order valence-corrected chi connectivity index (χ4v) is 4.61. The van der Waals surface area contributed by atoms with Gasteiger partial charge in [0.25, 0.3) is 0 Å². The minimum atomic E-state index is 0.628. The van der Waals surface area contributed by atoms with Gasteiger partial charge >= 0.3 is 0 Å². The zero-order valence-corrected chi connectivity index (χ0v) is 12.9. The Bertz CT molecular complexity index is 769. The van der Waals surface area contributed by atoms with Crippen LogP contribution in [0, 0.1) is 5.92 Å². The van der Waals surface area contributed by atoms with E-state index in [1.807, 2.05) is 23.5 Å². The second-order valence-electron chi connectivity index (χ2n) is 5.86. The third kappa shape index (κ3) is 2.03. The molecular weight excluding hydrogens is 282 g/mol. The first-order chi connectivity index (χ1) is 10.3. The molecule has 0 fully saturated rings. The van der Waals surface area contributed by atoms with Crippen LogP contribution in [0.1, 0.15) is 29.6 Å². The number of hydrogen-bond acceptors (Lipinski definition) is 4. The molecule has 2 N–H and O–H groups in total. The highest BCUT2D eigenvalue weighted by molar-refractivity contribution is 7.17. The van der Waals surface area contributed by atoms with Gasteiger partial charge in [-0.1, -0.05) is 6.92 Å². The van der Waals surface area contributed by atoms with Gasteiger partial charge in [0.2, 0.25) is 0 Å². The number of imidazole rings is 1. The van der Waals surface area contributed by atoms with Gasteiger partial charge in [-0.15, -0.1) is 11.3 Å². The smallest absolute Gasteiger partial charge is 0.195 e. The van der Waals surface area contributed by atoms with Crippen LogP contribution in [0.3, 0.4) is 0 Å². The van der Waals surface area contributed by atoms with Crippen molar-refractivity contribution in [3.63, 3.8) is 0 Å². The normalized spacial score (nSPS) is 18.3. The average Bonchev–Trinajstić information content (AvgIpc) is 3.14. The highest BCUT2D eigenvalue weighted by Gasteiger charge is 2.25. The number of rotatable bonds is 3. The summed E-state index contributed by atoms with van der Waals surface area (Å²) in [6.07, 6.45) is 6.11. The SMILES string of the molecule is CC1CCc2c(sc3nc(-c4ccco4)c(CCN)n23)C1. The molecule has 0 spiro atoms. The maximum atomic E-state index is 5.83. The Morgan fingerprint density at radius 2 is 2.43 bits per heavy atom. The molecule has 1 aliphatic rings. The van der Waals surface area contributed by atoms with Crippen molar-refractivity contribution < 1.29 is 4.42 Å². The van der Waals surface area contributed by atoms with Crippen LogP contribution in [0.25, 0.3) is 16.4 Å². The Morgan fingerprint density at radius 1 is 1.52 bits per heavy atom.